The molecule has 0 atom stereocenters. The average Bonchev–Trinajstić information content (AvgIpc) is 2.39. The highest BCUT2D eigenvalue weighted by Gasteiger charge is 2.29. The highest BCUT2D eigenvalue weighted by Crippen LogP contribution is 2.37. The fraction of sp³-hybridized carbons (Fsp3) is 0.600. The van der Waals surface area contributed by atoms with E-state index in [0.717, 1.165) is 24.3 Å². The molecule has 0 amide bonds. The molecule has 0 aliphatic carbocycles. The highest BCUT2D eigenvalue weighted by molar-refractivity contribution is 6.31. The minimum absolute atomic E-state index is 0.0105. The molecule has 1 fully saturated rings. The average molecular weight is 268 g/mol. The minimum atomic E-state index is 0.0105. The van der Waals surface area contributed by atoms with Crippen molar-refractivity contribution >= 4 is 17.3 Å². The molecule has 0 spiro atoms. The first kappa shape index (κ1) is 13.7. The molecule has 2 nitrogen and oxygen atoms in total. The van der Waals surface area contributed by atoms with Gasteiger partial charge in [0, 0.05) is 29.4 Å². The number of rotatable bonds is 3. The first-order valence-corrected chi connectivity index (χ1v) is 7.10. The number of aliphatic hydroxyl groups is 1. The first-order valence-electron chi connectivity index (χ1n) is 6.73. The molecule has 1 aliphatic heterocycles. The fourth-order valence-electron chi connectivity index (χ4n) is 2.64. The lowest BCUT2D eigenvalue weighted by molar-refractivity contribution is 0.237. The third-order valence-corrected chi connectivity index (χ3v) is 4.77. The van der Waals surface area contributed by atoms with Gasteiger partial charge in [-0.05, 0) is 30.4 Å². The lowest BCUT2D eigenvalue weighted by Gasteiger charge is -2.40. The van der Waals surface area contributed by atoms with Gasteiger partial charge >= 0.3 is 0 Å². The zero-order valence-corrected chi connectivity index (χ0v) is 12.0. The van der Waals surface area contributed by atoms with E-state index in [1.807, 2.05) is 12.1 Å². The number of aliphatic hydroxyl groups excluding tert-OH is 1. The van der Waals surface area contributed by atoms with E-state index in [2.05, 4.69) is 24.8 Å². The van der Waals surface area contributed by atoms with Gasteiger partial charge in [-0.25, -0.2) is 0 Å². The Morgan fingerprint density at radius 3 is 2.56 bits per heavy atom. The molecule has 3 heteroatoms. The van der Waals surface area contributed by atoms with Crippen LogP contribution in [0.1, 0.15) is 38.7 Å². The Morgan fingerprint density at radius 2 is 2.00 bits per heavy atom. The van der Waals surface area contributed by atoms with Gasteiger partial charge in [-0.1, -0.05) is 37.9 Å². The van der Waals surface area contributed by atoms with Crippen molar-refractivity contribution in [2.75, 3.05) is 18.0 Å². The largest absolute Gasteiger partial charge is 0.392 e. The van der Waals surface area contributed by atoms with E-state index in [1.165, 1.54) is 19.3 Å². The van der Waals surface area contributed by atoms with Crippen LogP contribution in [0.4, 0.5) is 5.69 Å². The maximum Gasteiger partial charge on any atom is 0.0716 e. The summed E-state index contributed by atoms with van der Waals surface area (Å²) in [4.78, 5) is 2.36. The summed E-state index contributed by atoms with van der Waals surface area (Å²) in [5, 5.41) is 10.1. The molecular weight excluding hydrogens is 246 g/mol. The molecule has 2 rings (SSSR count). The van der Waals surface area contributed by atoms with Gasteiger partial charge in [0.05, 0.1) is 6.61 Å². The van der Waals surface area contributed by atoms with E-state index in [-0.39, 0.29) is 6.61 Å². The Balaban J connectivity index is 2.17. The molecule has 0 bridgehead atoms. The second-order valence-electron chi connectivity index (χ2n) is 5.55. The molecule has 1 saturated heterocycles. The predicted octanol–water partition coefficient (Wildman–Crippen LogP) is 3.85. The number of hydrogen-bond acceptors (Lipinski definition) is 2. The van der Waals surface area contributed by atoms with Crippen LogP contribution in [0.2, 0.25) is 5.02 Å². The van der Waals surface area contributed by atoms with Gasteiger partial charge in [-0.3, -0.25) is 0 Å². The summed E-state index contributed by atoms with van der Waals surface area (Å²) < 4.78 is 0. The monoisotopic (exact) mass is 267 g/mol. The molecule has 1 heterocycles. The normalized spacial score (nSPS) is 19.0. The Kier molecular flexibility index (Phi) is 4.18. The molecule has 18 heavy (non-hydrogen) atoms. The molecule has 0 radical (unpaired) electrons. The Hall–Kier alpha value is -0.730. The molecule has 1 N–H and O–H groups in total. The molecule has 0 aromatic heterocycles. The van der Waals surface area contributed by atoms with Crippen LogP contribution in [0.3, 0.4) is 0 Å². The summed E-state index contributed by atoms with van der Waals surface area (Å²) in [6.07, 6.45) is 3.66. The van der Waals surface area contributed by atoms with E-state index in [4.69, 9.17) is 11.6 Å². The molecule has 1 aromatic carbocycles. The summed E-state index contributed by atoms with van der Waals surface area (Å²) in [5.74, 6) is 0. The maximum atomic E-state index is 9.47. The van der Waals surface area contributed by atoms with Crippen LogP contribution in [-0.2, 0) is 6.61 Å². The van der Waals surface area contributed by atoms with Crippen molar-refractivity contribution in [3.05, 3.63) is 28.8 Å². The molecule has 0 saturated carbocycles. The van der Waals surface area contributed by atoms with Crippen LogP contribution in [-0.4, -0.2) is 18.2 Å². The van der Waals surface area contributed by atoms with Crippen molar-refractivity contribution in [1.82, 2.24) is 0 Å². The zero-order chi connectivity index (χ0) is 13.2. The lowest BCUT2D eigenvalue weighted by Crippen LogP contribution is -2.38. The molecule has 1 aromatic rings. The van der Waals surface area contributed by atoms with Crippen molar-refractivity contribution < 1.29 is 5.11 Å². The van der Waals surface area contributed by atoms with E-state index >= 15 is 0 Å². The van der Waals surface area contributed by atoms with Gasteiger partial charge in [0.25, 0.3) is 0 Å². The SMILES string of the molecule is CCC1(C)CCN(c2cccc(Cl)c2CO)CC1. The first-order chi connectivity index (χ1) is 8.59. The van der Waals surface area contributed by atoms with Gasteiger partial charge in [-0.15, -0.1) is 0 Å². The van der Waals surface area contributed by atoms with Gasteiger partial charge in [0.1, 0.15) is 0 Å². The van der Waals surface area contributed by atoms with Crippen molar-refractivity contribution in [1.29, 1.82) is 0 Å². The van der Waals surface area contributed by atoms with Crippen molar-refractivity contribution in [2.45, 2.75) is 39.7 Å². The van der Waals surface area contributed by atoms with E-state index in [1.54, 1.807) is 0 Å². The summed E-state index contributed by atoms with van der Waals surface area (Å²) in [6.45, 7) is 6.76. The van der Waals surface area contributed by atoms with E-state index in [9.17, 15) is 5.11 Å². The Bertz CT molecular complexity index is 411. The van der Waals surface area contributed by atoms with Crippen molar-refractivity contribution in [2.24, 2.45) is 5.41 Å². The summed E-state index contributed by atoms with van der Waals surface area (Å²) in [6, 6.07) is 5.87. The molecule has 100 valence electrons. The standard InChI is InChI=1S/C15H22ClNO/c1-3-15(2)7-9-17(10-8-15)14-6-4-5-13(16)12(14)11-18/h4-6,18H,3,7-11H2,1-2H3. The number of benzene rings is 1. The fourth-order valence-corrected chi connectivity index (χ4v) is 2.87. The third-order valence-electron chi connectivity index (χ3n) is 4.42. The highest BCUT2D eigenvalue weighted by atomic mass is 35.5. The number of nitrogens with zero attached hydrogens (tertiary/aromatic N) is 1. The van der Waals surface area contributed by atoms with Crippen LogP contribution in [0.25, 0.3) is 0 Å². The summed E-state index contributed by atoms with van der Waals surface area (Å²) >= 11 is 6.15. The van der Waals surface area contributed by atoms with Crippen LogP contribution < -0.4 is 4.90 Å². The van der Waals surface area contributed by atoms with E-state index in [0.29, 0.717) is 10.4 Å². The topological polar surface area (TPSA) is 23.5 Å². The van der Waals surface area contributed by atoms with Gasteiger partial charge < -0.3 is 10.0 Å². The molecule has 1 aliphatic rings. The third kappa shape index (κ3) is 2.65. The molecule has 0 unspecified atom stereocenters. The minimum Gasteiger partial charge on any atom is -0.392 e. The number of anilines is 1. The summed E-state index contributed by atoms with van der Waals surface area (Å²) in [7, 11) is 0. The van der Waals surface area contributed by atoms with Crippen LogP contribution in [0, 0.1) is 5.41 Å². The predicted molar refractivity (Wildman–Crippen MR) is 77.2 cm³/mol. The number of piperidine rings is 1. The summed E-state index contributed by atoms with van der Waals surface area (Å²) in [5.41, 5.74) is 2.44. The van der Waals surface area contributed by atoms with Crippen LogP contribution >= 0.6 is 11.6 Å². The van der Waals surface area contributed by atoms with Gasteiger partial charge in [0.2, 0.25) is 0 Å². The van der Waals surface area contributed by atoms with Crippen molar-refractivity contribution in [3.63, 3.8) is 0 Å². The Morgan fingerprint density at radius 1 is 1.33 bits per heavy atom. The zero-order valence-electron chi connectivity index (χ0n) is 11.2. The Labute approximate surface area is 115 Å². The van der Waals surface area contributed by atoms with Gasteiger partial charge in [-0.2, -0.15) is 0 Å². The smallest absolute Gasteiger partial charge is 0.0716 e. The number of hydrogen-bond donors (Lipinski definition) is 1. The quantitative estimate of drug-likeness (QED) is 0.899. The number of halogens is 1. The maximum absolute atomic E-state index is 9.47. The second-order valence-corrected chi connectivity index (χ2v) is 5.95. The van der Waals surface area contributed by atoms with Crippen molar-refractivity contribution in [3.8, 4) is 0 Å². The lowest BCUT2D eigenvalue weighted by atomic mass is 9.78. The molecular formula is C15H22ClNO. The van der Waals surface area contributed by atoms with E-state index < -0.39 is 0 Å². The second kappa shape index (κ2) is 5.50. The van der Waals surface area contributed by atoms with Crippen LogP contribution in [0.15, 0.2) is 18.2 Å². The van der Waals surface area contributed by atoms with Gasteiger partial charge in [0.15, 0.2) is 0 Å². The van der Waals surface area contributed by atoms with Crippen LogP contribution in [0.5, 0.6) is 0 Å².